The maximum absolute atomic E-state index is 12.4. The number of hydrogen-bond acceptors (Lipinski definition) is 5. The highest BCUT2D eigenvalue weighted by molar-refractivity contribution is 5.53. The Morgan fingerprint density at radius 1 is 1.04 bits per heavy atom. The summed E-state index contributed by atoms with van der Waals surface area (Å²) in [7, 11) is 0. The molecule has 0 unspecified atom stereocenters. The number of hydrogen-bond donors (Lipinski definition) is 0. The maximum Gasteiger partial charge on any atom is 0.267 e. The van der Waals surface area contributed by atoms with Gasteiger partial charge in [-0.15, -0.1) is 0 Å². The minimum Gasteiger partial charge on any atom is -0.356 e. The predicted octanol–water partition coefficient (Wildman–Crippen LogP) is 1.92. The molecule has 4 heterocycles. The number of nitrogens with zero attached hydrogens (tertiary/aromatic N) is 6. The summed E-state index contributed by atoms with van der Waals surface area (Å²) in [5.74, 6) is 1.50. The van der Waals surface area contributed by atoms with E-state index in [-0.39, 0.29) is 5.56 Å². The molecule has 0 amide bonds. The molecule has 1 saturated heterocycles. The summed E-state index contributed by atoms with van der Waals surface area (Å²) in [5.41, 5.74) is 5.17. The average molecular weight is 364 g/mol. The molecular formula is C20H24N6O. The summed E-state index contributed by atoms with van der Waals surface area (Å²) < 4.78 is 3.60. The average Bonchev–Trinajstić information content (AvgIpc) is 2.97. The molecule has 2 aliphatic rings. The first kappa shape index (κ1) is 16.5. The van der Waals surface area contributed by atoms with Crippen molar-refractivity contribution < 1.29 is 0 Å². The Hall–Kier alpha value is -2.70. The van der Waals surface area contributed by atoms with Crippen LogP contribution in [0.3, 0.4) is 0 Å². The van der Waals surface area contributed by atoms with Crippen molar-refractivity contribution in [2.75, 3.05) is 18.0 Å². The lowest BCUT2D eigenvalue weighted by Gasteiger charge is -2.40. The van der Waals surface area contributed by atoms with E-state index in [0.29, 0.717) is 12.5 Å². The topological polar surface area (TPSA) is 68.3 Å². The molecular weight excluding hydrogens is 340 g/mol. The standard InChI is InChI=1S/C20H24N6O/c1-13-8-19(26-18(21-13)7-14(2)22-26)24-10-15(11-24)12-25-20(27)9-16-5-3-4-6-17(16)23-25/h7-9,15H,3-6,10-12H2,1-2H3. The molecule has 0 spiro atoms. The molecule has 7 heteroatoms. The van der Waals surface area contributed by atoms with Gasteiger partial charge in [-0.1, -0.05) is 0 Å². The molecule has 0 N–H and O–H groups in total. The van der Waals surface area contributed by atoms with Crippen molar-refractivity contribution in [3.8, 4) is 0 Å². The van der Waals surface area contributed by atoms with E-state index < -0.39 is 0 Å². The molecule has 0 saturated carbocycles. The zero-order valence-corrected chi connectivity index (χ0v) is 15.9. The van der Waals surface area contributed by atoms with Gasteiger partial charge in [0.1, 0.15) is 5.82 Å². The minimum absolute atomic E-state index is 0.0407. The lowest BCUT2D eigenvalue weighted by atomic mass is 9.96. The number of aromatic nitrogens is 5. The second-order valence-electron chi connectivity index (χ2n) is 7.93. The van der Waals surface area contributed by atoms with Gasteiger partial charge in [0.15, 0.2) is 5.65 Å². The zero-order valence-electron chi connectivity index (χ0n) is 15.9. The fourth-order valence-electron chi connectivity index (χ4n) is 4.27. The van der Waals surface area contributed by atoms with Gasteiger partial charge >= 0.3 is 0 Å². The largest absolute Gasteiger partial charge is 0.356 e. The molecule has 0 radical (unpaired) electrons. The molecule has 3 aromatic rings. The van der Waals surface area contributed by atoms with Crippen LogP contribution in [-0.4, -0.2) is 37.5 Å². The van der Waals surface area contributed by atoms with Gasteiger partial charge in [-0.2, -0.15) is 14.7 Å². The fraction of sp³-hybridized carbons (Fsp3) is 0.500. The van der Waals surface area contributed by atoms with Crippen LogP contribution in [0.2, 0.25) is 0 Å². The molecule has 27 heavy (non-hydrogen) atoms. The third kappa shape index (κ3) is 2.91. The third-order valence-corrected chi connectivity index (χ3v) is 5.64. The first-order valence-electron chi connectivity index (χ1n) is 9.76. The molecule has 7 nitrogen and oxygen atoms in total. The second kappa shape index (κ2) is 6.18. The van der Waals surface area contributed by atoms with Crippen molar-refractivity contribution in [2.24, 2.45) is 5.92 Å². The summed E-state index contributed by atoms with van der Waals surface area (Å²) >= 11 is 0. The van der Waals surface area contributed by atoms with Gasteiger partial charge in [0.25, 0.3) is 5.56 Å². The second-order valence-corrected chi connectivity index (χ2v) is 7.93. The van der Waals surface area contributed by atoms with Gasteiger partial charge in [0.2, 0.25) is 0 Å². The van der Waals surface area contributed by atoms with Crippen LogP contribution in [0.5, 0.6) is 0 Å². The normalized spacial score (nSPS) is 17.2. The van der Waals surface area contributed by atoms with Crippen LogP contribution in [0.25, 0.3) is 5.65 Å². The van der Waals surface area contributed by atoms with Crippen LogP contribution in [-0.2, 0) is 19.4 Å². The highest BCUT2D eigenvalue weighted by Gasteiger charge is 2.30. The number of rotatable bonds is 3. The van der Waals surface area contributed by atoms with Crippen molar-refractivity contribution >= 4 is 11.5 Å². The number of aryl methyl sites for hydroxylation is 4. The summed E-state index contributed by atoms with van der Waals surface area (Å²) in [6, 6.07) is 5.89. The first-order chi connectivity index (χ1) is 13.1. The highest BCUT2D eigenvalue weighted by Crippen LogP contribution is 2.27. The Kier molecular flexibility index (Phi) is 3.77. The lowest BCUT2D eigenvalue weighted by Crippen LogP contribution is -2.50. The van der Waals surface area contributed by atoms with Crippen LogP contribution in [0.1, 0.15) is 35.5 Å². The van der Waals surface area contributed by atoms with Gasteiger partial charge in [-0.25, -0.2) is 9.67 Å². The molecule has 3 aromatic heterocycles. The number of fused-ring (bicyclic) bond motifs is 2. The summed E-state index contributed by atoms with van der Waals surface area (Å²) in [6.07, 6.45) is 4.34. The van der Waals surface area contributed by atoms with Gasteiger partial charge in [0.05, 0.1) is 17.9 Å². The quantitative estimate of drug-likeness (QED) is 0.710. The van der Waals surface area contributed by atoms with Crippen molar-refractivity contribution in [1.29, 1.82) is 0 Å². The van der Waals surface area contributed by atoms with E-state index in [1.54, 1.807) is 10.7 Å². The van der Waals surface area contributed by atoms with Crippen molar-refractivity contribution in [1.82, 2.24) is 24.4 Å². The van der Waals surface area contributed by atoms with E-state index in [4.69, 9.17) is 0 Å². The van der Waals surface area contributed by atoms with E-state index in [0.717, 1.165) is 60.0 Å². The Labute approximate surface area is 157 Å². The van der Waals surface area contributed by atoms with Crippen LogP contribution >= 0.6 is 0 Å². The molecule has 140 valence electrons. The summed E-state index contributed by atoms with van der Waals surface area (Å²) in [4.78, 5) is 19.3. The molecule has 1 fully saturated rings. The predicted molar refractivity (Wildman–Crippen MR) is 103 cm³/mol. The van der Waals surface area contributed by atoms with Crippen LogP contribution < -0.4 is 10.5 Å². The smallest absolute Gasteiger partial charge is 0.267 e. The fourth-order valence-corrected chi connectivity index (χ4v) is 4.27. The van der Waals surface area contributed by atoms with E-state index in [1.807, 2.05) is 24.4 Å². The maximum atomic E-state index is 12.4. The zero-order chi connectivity index (χ0) is 18.5. The van der Waals surface area contributed by atoms with Crippen molar-refractivity contribution in [3.05, 3.63) is 51.2 Å². The van der Waals surface area contributed by atoms with E-state index in [9.17, 15) is 4.79 Å². The van der Waals surface area contributed by atoms with Gasteiger partial charge in [0, 0.05) is 42.9 Å². The molecule has 0 aromatic carbocycles. The van der Waals surface area contributed by atoms with Crippen molar-refractivity contribution in [3.63, 3.8) is 0 Å². The Morgan fingerprint density at radius 3 is 2.70 bits per heavy atom. The first-order valence-corrected chi connectivity index (χ1v) is 9.76. The lowest BCUT2D eigenvalue weighted by molar-refractivity contribution is 0.328. The number of anilines is 1. The SMILES string of the molecule is Cc1cc(N2CC(Cn3nc4c(cc3=O)CCCC4)C2)n2nc(C)cc2n1. The van der Waals surface area contributed by atoms with Gasteiger partial charge < -0.3 is 4.90 Å². The Morgan fingerprint density at radius 2 is 1.85 bits per heavy atom. The van der Waals surface area contributed by atoms with Gasteiger partial charge in [-0.05, 0) is 45.1 Å². The molecule has 1 aliphatic carbocycles. The van der Waals surface area contributed by atoms with Crippen LogP contribution in [0.15, 0.2) is 23.0 Å². The monoisotopic (exact) mass is 364 g/mol. The van der Waals surface area contributed by atoms with E-state index >= 15 is 0 Å². The minimum atomic E-state index is 0.0407. The Balaban J connectivity index is 1.34. The van der Waals surface area contributed by atoms with Crippen LogP contribution in [0, 0.1) is 19.8 Å². The van der Waals surface area contributed by atoms with Crippen molar-refractivity contribution in [2.45, 2.75) is 46.1 Å². The molecule has 1 aliphatic heterocycles. The molecule has 0 atom stereocenters. The summed E-state index contributed by atoms with van der Waals surface area (Å²) in [5, 5.41) is 9.23. The highest BCUT2D eigenvalue weighted by atomic mass is 16.1. The molecule has 0 bridgehead atoms. The van der Waals surface area contributed by atoms with Crippen LogP contribution in [0.4, 0.5) is 5.82 Å². The molecule has 5 rings (SSSR count). The van der Waals surface area contributed by atoms with Gasteiger partial charge in [-0.3, -0.25) is 4.79 Å². The van der Waals surface area contributed by atoms with E-state index in [2.05, 4.69) is 26.1 Å². The Bertz CT molecular complexity index is 1080. The third-order valence-electron chi connectivity index (χ3n) is 5.64. The van der Waals surface area contributed by atoms with E-state index in [1.165, 1.54) is 12.8 Å². The summed E-state index contributed by atoms with van der Waals surface area (Å²) in [6.45, 7) is 6.50.